The van der Waals surface area contributed by atoms with E-state index in [9.17, 15) is 4.79 Å². The summed E-state index contributed by atoms with van der Waals surface area (Å²) in [5, 5.41) is 4.58. The molecule has 1 fully saturated rings. The second kappa shape index (κ2) is 8.69. The molecule has 29 heavy (non-hydrogen) atoms. The van der Waals surface area contributed by atoms with Crippen molar-refractivity contribution in [2.45, 2.75) is 45.7 Å². The van der Waals surface area contributed by atoms with Crippen LogP contribution in [0.1, 0.15) is 44.3 Å². The third-order valence-electron chi connectivity index (χ3n) is 5.48. The molecule has 0 unspecified atom stereocenters. The Kier molecular flexibility index (Phi) is 5.85. The molecule has 0 bridgehead atoms. The van der Waals surface area contributed by atoms with Gasteiger partial charge in [0.2, 0.25) is 5.89 Å². The van der Waals surface area contributed by atoms with E-state index in [1.54, 1.807) is 29.2 Å². The number of nitrogens with zero attached hydrogens (tertiary/aromatic N) is 5. The molecule has 4 rings (SSSR count). The summed E-state index contributed by atoms with van der Waals surface area (Å²) >= 11 is 0. The van der Waals surface area contributed by atoms with Crippen LogP contribution in [0.2, 0.25) is 0 Å². The Hall–Kier alpha value is -2.80. The highest BCUT2D eigenvalue weighted by molar-refractivity contribution is 5.56. The fourth-order valence-electron chi connectivity index (χ4n) is 3.68. The van der Waals surface area contributed by atoms with E-state index in [-0.39, 0.29) is 5.56 Å². The third kappa shape index (κ3) is 4.79. The summed E-state index contributed by atoms with van der Waals surface area (Å²) in [6.07, 6.45) is 7.37. The molecule has 1 saturated heterocycles. The summed E-state index contributed by atoms with van der Waals surface area (Å²) in [5.41, 5.74) is 1.72. The van der Waals surface area contributed by atoms with Crippen molar-refractivity contribution in [3.63, 3.8) is 0 Å². The van der Waals surface area contributed by atoms with Gasteiger partial charge in [0, 0.05) is 36.5 Å². The Morgan fingerprint density at radius 2 is 1.90 bits per heavy atom. The fourth-order valence-corrected chi connectivity index (χ4v) is 3.68. The number of hydrogen-bond donors (Lipinski definition) is 0. The Bertz CT molecular complexity index is 988. The highest BCUT2D eigenvalue weighted by Gasteiger charge is 2.22. The first-order valence-corrected chi connectivity index (χ1v) is 10.2. The predicted octanol–water partition coefficient (Wildman–Crippen LogP) is 3.33. The molecule has 7 heteroatoms. The maximum absolute atomic E-state index is 12.3. The quantitative estimate of drug-likeness (QED) is 0.639. The number of aromatic nitrogens is 4. The number of oxazole rings is 1. The van der Waals surface area contributed by atoms with E-state index in [4.69, 9.17) is 4.42 Å². The molecule has 0 aliphatic carbocycles. The summed E-state index contributed by atoms with van der Waals surface area (Å²) in [6, 6.07) is 7.19. The highest BCUT2D eigenvalue weighted by atomic mass is 16.4. The van der Waals surface area contributed by atoms with Gasteiger partial charge in [-0.2, -0.15) is 5.10 Å². The zero-order chi connectivity index (χ0) is 20.2. The van der Waals surface area contributed by atoms with Crippen LogP contribution in [0.4, 0.5) is 0 Å². The summed E-state index contributed by atoms with van der Waals surface area (Å²) in [6.45, 7) is 7.56. The minimum absolute atomic E-state index is 0.0498. The first-order valence-electron chi connectivity index (χ1n) is 10.2. The summed E-state index contributed by atoms with van der Waals surface area (Å²) < 4.78 is 7.44. The van der Waals surface area contributed by atoms with Crippen molar-refractivity contribution >= 4 is 0 Å². The monoisotopic (exact) mass is 393 g/mol. The molecule has 4 heterocycles. The van der Waals surface area contributed by atoms with Gasteiger partial charge in [-0.15, -0.1) is 0 Å². The van der Waals surface area contributed by atoms with Crippen LogP contribution in [-0.2, 0) is 13.1 Å². The Morgan fingerprint density at radius 1 is 1.14 bits per heavy atom. The molecule has 0 N–H and O–H groups in total. The summed E-state index contributed by atoms with van der Waals surface area (Å²) in [5.74, 6) is 2.53. The van der Waals surface area contributed by atoms with Gasteiger partial charge in [-0.1, -0.05) is 13.8 Å². The highest BCUT2D eigenvalue weighted by Crippen LogP contribution is 2.22. The molecule has 0 radical (unpaired) electrons. The molecule has 0 saturated carbocycles. The van der Waals surface area contributed by atoms with Gasteiger partial charge in [0.1, 0.15) is 5.76 Å². The number of piperidine rings is 1. The standard InChI is InChI=1S/C22H27N5O2/c1-16(2)20-13-24-21(29-20)15-26-11-7-17(8-12-26)14-27-22(28)4-3-19(25-27)18-5-9-23-10-6-18/h3-6,9-10,13,16-17H,7-8,11-12,14-15H2,1-2H3. The molecule has 0 spiro atoms. The van der Waals surface area contributed by atoms with Crippen molar-refractivity contribution < 1.29 is 4.42 Å². The van der Waals surface area contributed by atoms with Crippen LogP contribution >= 0.6 is 0 Å². The fraction of sp³-hybridized carbons (Fsp3) is 0.455. The van der Waals surface area contributed by atoms with Crippen molar-refractivity contribution in [3.8, 4) is 11.3 Å². The van der Waals surface area contributed by atoms with Gasteiger partial charge in [-0.05, 0) is 50.0 Å². The van der Waals surface area contributed by atoms with E-state index in [1.165, 1.54) is 0 Å². The molecule has 152 valence electrons. The molecule has 0 atom stereocenters. The lowest BCUT2D eigenvalue weighted by atomic mass is 9.97. The minimum Gasteiger partial charge on any atom is -0.444 e. The number of rotatable bonds is 6. The van der Waals surface area contributed by atoms with Crippen LogP contribution in [0, 0.1) is 5.92 Å². The number of likely N-dealkylation sites (tertiary alicyclic amines) is 1. The topological polar surface area (TPSA) is 77.1 Å². The third-order valence-corrected chi connectivity index (χ3v) is 5.48. The predicted molar refractivity (Wildman–Crippen MR) is 110 cm³/mol. The van der Waals surface area contributed by atoms with Crippen LogP contribution < -0.4 is 5.56 Å². The molecule has 1 aliphatic heterocycles. The molecule has 7 nitrogen and oxygen atoms in total. The zero-order valence-corrected chi connectivity index (χ0v) is 17.0. The average Bonchev–Trinajstić information content (AvgIpc) is 3.21. The molecular formula is C22H27N5O2. The van der Waals surface area contributed by atoms with Gasteiger partial charge in [0.05, 0.1) is 18.4 Å². The SMILES string of the molecule is CC(C)c1cnc(CN2CCC(Cn3nc(-c4ccncc4)ccc3=O)CC2)o1. The van der Waals surface area contributed by atoms with E-state index in [0.717, 1.165) is 55.4 Å². The molecule has 3 aromatic heterocycles. The molecular weight excluding hydrogens is 366 g/mol. The second-order valence-corrected chi connectivity index (χ2v) is 8.01. The molecule has 3 aromatic rings. The van der Waals surface area contributed by atoms with E-state index in [2.05, 4.69) is 33.8 Å². The van der Waals surface area contributed by atoms with Crippen molar-refractivity contribution in [1.29, 1.82) is 0 Å². The minimum atomic E-state index is -0.0498. The lowest BCUT2D eigenvalue weighted by Gasteiger charge is -2.31. The van der Waals surface area contributed by atoms with E-state index in [0.29, 0.717) is 18.4 Å². The van der Waals surface area contributed by atoms with Crippen LogP contribution in [-0.4, -0.2) is 37.7 Å². The lowest BCUT2D eigenvalue weighted by molar-refractivity contribution is 0.151. The number of pyridine rings is 1. The van der Waals surface area contributed by atoms with E-state index < -0.39 is 0 Å². The normalized spacial score (nSPS) is 15.8. The lowest BCUT2D eigenvalue weighted by Crippen LogP contribution is -2.36. The average molecular weight is 393 g/mol. The Morgan fingerprint density at radius 3 is 2.59 bits per heavy atom. The Labute approximate surface area is 170 Å². The van der Waals surface area contributed by atoms with Crippen molar-refractivity contribution in [1.82, 2.24) is 24.6 Å². The first kappa shape index (κ1) is 19.5. The molecule has 0 aromatic carbocycles. The number of hydrogen-bond acceptors (Lipinski definition) is 6. The van der Waals surface area contributed by atoms with E-state index in [1.807, 2.05) is 18.3 Å². The maximum Gasteiger partial charge on any atom is 0.266 e. The van der Waals surface area contributed by atoms with Crippen LogP contribution in [0.25, 0.3) is 11.3 Å². The van der Waals surface area contributed by atoms with Crippen molar-refractivity contribution in [2.24, 2.45) is 5.92 Å². The van der Waals surface area contributed by atoms with Gasteiger partial charge in [-0.25, -0.2) is 9.67 Å². The van der Waals surface area contributed by atoms with E-state index >= 15 is 0 Å². The van der Waals surface area contributed by atoms with Crippen molar-refractivity contribution in [3.05, 3.63) is 64.9 Å². The summed E-state index contributed by atoms with van der Waals surface area (Å²) in [7, 11) is 0. The van der Waals surface area contributed by atoms with Crippen molar-refractivity contribution in [2.75, 3.05) is 13.1 Å². The molecule has 1 aliphatic rings. The van der Waals surface area contributed by atoms with Gasteiger partial charge in [0.15, 0.2) is 0 Å². The van der Waals surface area contributed by atoms with Crippen LogP contribution in [0.3, 0.4) is 0 Å². The zero-order valence-electron chi connectivity index (χ0n) is 17.0. The Balaban J connectivity index is 1.35. The maximum atomic E-state index is 12.3. The first-order chi connectivity index (χ1) is 14.1. The van der Waals surface area contributed by atoms with Gasteiger partial charge < -0.3 is 4.42 Å². The smallest absolute Gasteiger partial charge is 0.266 e. The van der Waals surface area contributed by atoms with Gasteiger partial charge >= 0.3 is 0 Å². The molecule has 0 amide bonds. The van der Waals surface area contributed by atoms with Crippen LogP contribution in [0.15, 0.2) is 52.1 Å². The van der Waals surface area contributed by atoms with Gasteiger partial charge in [-0.3, -0.25) is 14.7 Å². The van der Waals surface area contributed by atoms with Crippen LogP contribution in [0.5, 0.6) is 0 Å². The summed E-state index contributed by atoms with van der Waals surface area (Å²) in [4.78, 5) is 23.1. The van der Waals surface area contributed by atoms with Gasteiger partial charge in [0.25, 0.3) is 5.56 Å². The largest absolute Gasteiger partial charge is 0.444 e. The second-order valence-electron chi connectivity index (χ2n) is 8.01.